The maximum Gasteiger partial charge on any atom is 0.284 e. The summed E-state index contributed by atoms with van der Waals surface area (Å²) in [6.45, 7) is 0.110. The average molecular weight is 503 g/mol. The van der Waals surface area contributed by atoms with Crippen LogP contribution in [0.15, 0.2) is 46.0 Å². The van der Waals surface area contributed by atoms with Crippen LogP contribution in [0.25, 0.3) is 0 Å². The number of ether oxygens (including phenoxy) is 2. The van der Waals surface area contributed by atoms with Gasteiger partial charge < -0.3 is 14.6 Å². The number of phenols is 1. The van der Waals surface area contributed by atoms with E-state index in [2.05, 4.69) is 26.5 Å². The van der Waals surface area contributed by atoms with Crippen LogP contribution in [0.3, 0.4) is 0 Å². The third-order valence-corrected chi connectivity index (χ3v) is 4.52. The van der Waals surface area contributed by atoms with E-state index in [0.717, 1.165) is 4.47 Å². The second-order valence-electron chi connectivity index (χ2n) is 4.92. The molecule has 1 heterocycles. The van der Waals surface area contributed by atoms with E-state index in [1.165, 1.54) is 6.21 Å². The van der Waals surface area contributed by atoms with Crippen LogP contribution in [-0.4, -0.2) is 29.9 Å². The molecule has 1 atom stereocenters. The summed E-state index contributed by atoms with van der Waals surface area (Å²) in [6.07, 6.45) is 0.589. The minimum Gasteiger partial charge on any atom is -0.506 e. The zero-order chi connectivity index (χ0) is 17.1. The molecule has 0 spiro atoms. The molecular weight excluding hydrogens is 491 g/mol. The fourth-order valence-electron chi connectivity index (χ4n) is 2.07. The van der Waals surface area contributed by atoms with E-state index in [4.69, 9.17) is 9.47 Å². The Kier molecular flexibility index (Phi) is 5.24. The molecule has 1 aliphatic heterocycles. The van der Waals surface area contributed by atoms with Crippen molar-refractivity contribution in [2.45, 2.75) is 6.10 Å². The Labute approximate surface area is 160 Å². The highest BCUT2D eigenvalue weighted by Crippen LogP contribution is 2.31. The lowest BCUT2D eigenvalue weighted by molar-refractivity contribution is -0.130. The largest absolute Gasteiger partial charge is 0.506 e. The zero-order valence-corrected chi connectivity index (χ0v) is 15.9. The summed E-state index contributed by atoms with van der Waals surface area (Å²) in [7, 11) is 0. The minimum absolute atomic E-state index is 0.1000. The van der Waals surface area contributed by atoms with Gasteiger partial charge in [0.1, 0.15) is 12.4 Å². The molecule has 1 amide bonds. The van der Waals surface area contributed by atoms with E-state index in [0.29, 0.717) is 20.6 Å². The molecule has 1 aliphatic rings. The number of hydrogen-bond donors (Lipinski definition) is 2. The van der Waals surface area contributed by atoms with Crippen molar-refractivity contribution >= 4 is 50.6 Å². The second-order valence-corrected chi connectivity index (χ2v) is 7.00. The number of carbonyl (C=O) groups is 1. The normalized spacial score (nSPS) is 16.2. The number of aromatic hydroxyl groups is 1. The van der Waals surface area contributed by atoms with Gasteiger partial charge >= 0.3 is 0 Å². The van der Waals surface area contributed by atoms with Gasteiger partial charge in [0.2, 0.25) is 6.10 Å². The second kappa shape index (κ2) is 7.39. The van der Waals surface area contributed by atoms with Gasteiger partial charge in [0.15, 0.2) is 11.5 Å². The number of hydrazone groups is 1. The van der Waals surface area contributed by atoms with E-state index in [1.807, 2.05) is 28.7 Å². The predicted molar refractivity (Wildman–Crippen MR) is 101 cm³/mol. The van der Waals surface area contributed by atoms with Crippen molar-refractivity contribution in [3.63, 3.8) is 0 Å². The molecule has 24 heavy (non-hydrogen) atoms. The fraction of sp³-hybridized carbons (Fsp3) is 0.125. The number of hydrogen-bond acceptors (Lipinski definition) is 5. The Morgan fingerprint density at radius 1 is 1.38 bits per heavy atom. The topological polar surface area (TPSA) is 80.2 Å². The van der Waals surface area contributed by atoms with Crippen LogP contribution in [0, 0.1) is 3.57 Å². The molecule has 2 aromatic rings. The van der Waals surface area contributed by atoms with Gasteiger partial charge in [-0.1, -0.05) is 28.1 Å². The van der Waals surface area contributed by atoms with Crippen molar-refractivity contribution in [1.82, 2.24) is 5.43 Å². The highest BCUT2D eigenvalue weighted by molar-refractivity contribution is 14.1. The molecule has 1 unspecified atom stereocenters. The molecule has 3 rings (SSSR count). The maximum absolute atomic E-state index is 12.1. The number of carbonyl (C=O) groups excluding carboxylic acids is 1. The van der Waals surface area contributed by atoms with Crippen LogP contribution >= 0.6 is 38.5 Å². The zero-order valence-electron chi connectivity index (χ0n) is 12.2. The number of nitrogens with zero attached hydrogens (tertiary/aromatic N) is 1. The van der Waals surface area contributed by atoms with Gasteiger partial charge in [0.05, 0.1) is 9.78 Å². The average Bonchev–Trinajstić information content (AvgIpc) is 2.58. The van der Waals surface area contributed by atoms with Crippen LogP contribution in [0.2, 0.25) is 0 Å². The lowest BCUT2D eigenvalue weighted by atomic mass is 10.2. The quantitative estimate of drug-likeness (QED) is 0.384. The maximum atomic E-state index is 12.1. The monoisotopic (exact) mass is 502 g/mol. The number of fused-ring (bicyclic) bond motifs is 1. The first-order valence-corrected chi connectivity index (χ1v) is 8.81. The lowest BCUT2D eigenvalue weighted by Gasteiger charge is -2.24. The van der Waals surface area contributed by atoms with Crippen LogP contribution in [-0.2, 0) is 4.79 Å². The first-order chi connectivity index (χ1) is 11.5. The van der Waals surface area contributed by atoms with Crippen molar-refractivity contribution in [1.29, 1.82) is 0 Å². The van der Waals surface area contributed by atoms with Gasteiger partial charge in [-0.3, -0.25) is 4.79 Å². The Morgan fingerprint density at radius 2 is 2.12 bits per heavy atom. The molecule has 8 heteroatoms. The molecule has 2 aromatic carbocycles. The van der Waals surface area contributed by atoms with Gasteiger partial charge in [-0.2, -0.15) is 5.10 Å². The number of benzene rings is 2. The van der Waals surface area contributed by atoms with Crippen LogP contribution in [0.4, 0.5) is 0 Å². The molecule has 6 nitrogen and oxygen atoms in total. The summed E-state index contributed by atoms with van der Waals surface area (Å²) in [6, 6.07) is 10.6. The van der Waals surface area contributed by atoms with Gasteiger partial charge in [-0.25, -0.2) is 5.43 Å². The SMILES string of the molecule is O=C(N/N=C\c1cc(Br)cc(I)c1O)C1COc2ccccc2O1. The van der Waals surface area contributed by atoms with Crippen molar-refractivity contribution in [2.75, 3.05) is 6.61 Å². The molecule has 0 aliphatic carbocycles. The summed E-state index contributed by atoms with van der Waals surface area (Å²) in [5.41, 5.74) is 2.88. The van der Waals surface area contributed by atoms with Crippen molar-refractivity contribution < 1.29 is 19.4 Å². The van der Waals surface area contributed by atoms with E-state index >= 15 is 0 Å². The molecule has 0 saturated heterocycles. The van der Waals surface area contributed by atoms with Crippen molar-refractivity contribution in [2.24, 2.45) is 5.10 Å². The summed E-state index contributed by atoms with van der Waals surface area (Å²) < 4.78 is 12.6. The smallest absolute Gasteiger partial charge is 0.284 e. The molecule has 0 bridgehead atoms. The molecule has 0 fully saturated rings. The summed E-state index contributed by atoms with van der Waals surface area (Å²) in [5.74, 6) is 0.804. The number of rotatable bonds is 3. The van der Waals surface area contributed by atoms with Crippen molar-refractivity contribution in [3.8, 4) is 17.2 Å². The number of amides is 1. The van der Waals surface area contributed by atoms with Crippen LogP contribution < -0.4 is 14.9 Å². The Hall–Kier alpha value is -1.81. The third kappa shape index (κ3) is 3.81. The number of para-hydroxylation sites is 2. The van der Waals surface area contributed by atoms with Gasteiger partial charge in [-0.15, -0.1) is 0 Å². The molecule has 2 N–H and O–H groups in total. The predicted octanol–water partition coefficient (Wildman–Crippen LogP) is 3.05. The first kappa shape index (κ1) is 17.0. The van der Waals surface area contributed by atoms with E-state index in [9.17, 15) is 9.90 Å². The lowest BCUT2D eigenvalue weighted by Crippen LogP contribution is -2.42. The number of phenolic OH excluding ortho intramolecular Hbond substituents is 1. The summed E-state index contributed by atoms with van der Waals surface area (Å²) >= 11 is 5.36. The van der Waals surface area contributed by atoms with Gasteiger partial charge in [-0.05, 0) is 46.9 Å². The van der Waals surface area contributed by atoms with E-state index in [-0.39, 0.29) is 12.4 Å². The number of nitrogens with one attached hydrogen (secondary N) is 1. The summed E-state index contributed by atoms with van der Waals surface area (Å²) in [5, 5.41) is 13.8. The molecule has 0 aromatic heterocycles. The van der Waals surface area contributed by atoms with Crippen molar-refractivity contribution in [3.05, 3.63) is 50.0 Å². The molecule has 0 saturated carbocycles. The van der Waals surface area contributed by atoms with Crippen LogP contribution in [0.5, 0.6) is 17.2 Å². The Bertz CT molecular complexity index is 813. The highest BCUT2D eigenvalue weighted by Gasteiger charge is 2.27. The van der Waals surface area contributed by atoms with Crippen LogP contribution in [0.1, 0.15) is 5.56 Å². The highest BCUT2D eigenvalue weighted by atomic mass is 127. The minimum atomic E-state index is -0.784. The van der Waals surface area contributed by atoms with Gasteiger partial charge in [0, 0.05) is 10.0 Å². The fourth-order valence-corrected chi connectivity index (χ4v) is 3.62. The standard InChI is InChI=1S/C16H12BrIN2O4/c17-10-5-9(15(21)11(18)6-10)7-19-20-16(22)14-8-23-12-3-1-2-4-13(12)24-14/h1-7,14,21H,8H2,(H,20,22)/b19-7-. The number of halogens is 2. The molecule has 124 valence electrons. The molecule has 0 radical (unpaired) electrons. The molecular formula is C16H12BrIN2O4. The Morgan fingerprint density at radius 3 is 2.92 bits per heavy atom. The van der Waals surface area contributed by atoms with E-state index in [1.54, 1.807) is 30.3 Å². The Balaban J connectivity index is 1.64. The first-order valence-electron chi connectivity index (χ1n) is 6.94. The summed E-state index contributed by atoms with van der Waals surface area (Å²) in [4.78, 5) is 12.1. The van der Waals surface area contributed by atoms with Gasteiger partial charge in [0.25, 0.3) is 5.91 Å². The third-order valence-electron chi connectivity index (χ3n) is 3.24. The van der Waals surface area contributed by atoms with E-state index < -0.39 is 12.0 Å².